The second-order valence-electron chi connectivity index (χ2n) is 4.79. The third-order valence-electron chi connectivity index (χ3n) is 3.54. The van der Waals surface area contributed by atoms with Crippen molar-refractivity contribution in [1.29, 1.82) is 0 Å². The first kappa shape index (κ1) is 13.5. The highest BCUT2D eigenvalue weighted by atomic mass is 32.2. The first-order valence-corrected chi connectivity index (χ1v) is 8.35. The lowest BCUT2D eigenvalue weighted by Gasteiger charge is -2.23. The van der Waals surface area contributed by atoms with Crippen molar-refractivity contribution in [3.05, 3.63) is 18.2 Å². The fourth-order valence-corrected chi connectivity index (χ4v) is 3.11. The largest absolute Gasteiger partial charge is 0.333 e. The molecule has 0 bridgehead atoms. The van der Waals surface area contributed by atoms with E-state index in [1.54, 1.807) is 13.3 Å². The van der Waals surface area contributed by atoms with E-state index in [4.69, 9.17) is 0 Å². The molecule has 1 unspecified atom stereocenters. The summed E-state index contributed by atoms with van der Waals surface area (Å²) in [4.78, 5) is 4.16. The van der Waals surface area contributed by atoms with Gasteiger partial charge in [-0.05, 0) is 19.4 Å². The molecule has 1 fully saturated rings. The van der Waals surface area contributed by atoms with Gasteiger partial charge >= 0.3 is 0 Å². The maximum Gasteiger partial charge on any atom is 0.151 e. The molecular formula is C12H21N3O2S. The molecular weight excluding hydrogens is 250 g/mol. The molecule has 0 radical (unpaired) electrons. The van der Waals surface area contributed by atoms with Crippen LogP contribution in [-0.4, -0.2) is 42.6 Å². The van der Waals surface area contributed by atoms with Gasteiger partial charge in [-0.3, -0.25) is 0 Å². The predicted molar refractivity (Wildman–Crippen MR) is 71.4 cm³/mol. The molecule has 1 aromatic heterocycles. The van der Waals surface area contributed by atoms with Crippen LogP contribution in [0.25, 0.3) is 0 Å². The highest BCUT2D eigenvalue weighted by molar-refractivity contribution is 7.91. The summed E-state index contributed by atoms with van der Waals surface area (Å²) >= 11 is 0. The summed E-state index contributed by atoms with van der Waals surface area (Å²) in [6.07, 6.45) is 5.94. The van der Waals surface area contributed by atoms with Crippen molar-refractivity contribution in [2.45, 2.75) is 32.2 Å². The second-order valence-corrected chi connectivity index (χ2v) is 7.26. The van der Waals surface area contributed by atoms with Crippen molar-refractivity contribution in [3.63, 3.8) is 0 Å². The molecule has 1 atom stereocenters. The number of nitrogens with zero attached hydrogens (tertiary/aromatic N) is 2. The lowest BCUT2D eigenvalue weighted by Crippen LogP contribution is -2.30. The van der Waals surface area contributed by atoms with Gasteiger partial charge < -0.3 is 9.88 Å². The standard InChI is InChI=1S/C12H21N3O2S/c1-2-18(16,17)7-6-15-10-14-9-12(15)11-4-3-5-13-8-11/h9-11,13H,2-8H2,1H3. The highest BCUT2D eigenvalue weighted by Crippen LogP contribution is 2.22. The average molecular weight is 271 g/mol. The van der Waals surface area contributed by atoms with Crippen molar-refractivity contribution in [3.8, 4) is 0 Å². The fourth-order valence-electron chi connectivity index (χ4n) is 2.34. The average Bonchev–Trinajstić information content (AvgIpc) is 2.86. The van der Waals surface area contributed by atoms with Crippen LogP contribution in [0.15, 0.2) is 12.5 Å². The summed E-state index contributed by atoms with van der Waals surface area (Å²) < 4.78 is 25.1. The topological polar surface area (TPSA) is 64.0 Å². The van der Waals surface area contributed by atoms with E-state index in [9.17, 15) is 8.42 Å². The van der Waals surface area contributed by atoms with Gasteiger partial charge in [0.05, 0.1) is 12.1 Å². The van der Waals surface area contributed by atoms with Gasteiger partial charge in [-0.2, -0.15) is 0 Å². The molecule has 5 nitrogen and oxygen atoms in total. The number of imidazole rings is 1. The van der Waals surface area contributed by atoms with E-state index in [1.807, 2.05) is 10.8 Å². The van der Waals surface area contributed by atoms with Gasteiger partial charge in [-0.25, -0.2) is 13.4 Å². The Labute approximate surface area is 109 Å². The number of rotatable bonds is 5. The maximum absolute atomic E-state index is 11.5. The van der Waals surface area contributed by atoms with Crippen molar-refractivity contribution in [2.24, 2.45) is 0 Å². The summed E-state index contributed by atoms with van der Waals surface area (Å²) in [5.41, 5.74) is 1.16. The molecule has 0 aromatic carbocycles. The number of sulfone groups is 1. The smallest absolute Gasteiger partial charge is 0.151 e. The molecule has 2 rings (SSSR count). The Hall–Kier alpha value is -0.880. The van der Waals surface area contributed by atoms with Crippen LogP contribution >= 0.6 is 0 Å². The predicted octanol–water partition coefficient (Wildman–Crippen LogP) is 0.785. The zero-order chi connectivity index (χ0) is 13.0. The molecule has 0 spiro atoms. The molecule has 0 amide bonds. The summed E-state index contributed by atoms with van der Waals surface area (Å²) in [5.74, 6) is 0.875. The maximum atomic E-state index is 11.5. The van der Waals surface area contributed by atoms with Gasteiger partial charge in [-0.1, -0.05) is 6.92 Å². The molecule has 1 aliphatic rings. The van der Waals surface area contributed by atoms with Crippen LogP contribution in [0.4, 0.5) is 0 Å². The normalized spacial score (nSPS) is 21.1. The molecule has 6 heteroatoms. The molecule has 102 valence electrons. The van der Waals surface area contributed by atoms with Gasteiger partial charge in [0.1, 0.15) is 0 Å². The van der Waals surface area contributed by atoms with E-state index >= 15 is 0 Å². The highest BCUT2D eigenvalue weighted by Gasteiger charge is 2.19. The molecule has 1 aromatic rings. The van der Waals surface area contributed by atoms with Crippen LogP contribution in [-0.2, 0) is 16.4 Å². The SMILES string of the molecule is CCS(=O)(=O)CCn1cncc1C1CCCNC1. The second kappa shape index (κ2) is 5.84. The van der Waals surface area contributed by atoms with Gasteiger partial charge in [0.25, 0.3) is 0 Å². The van der Waals surface area contributed by atoms with Crippen LogP contribution in [0.3, 0.4) is 0 Å². The minimum Gasteiger partial charge on any atom is -0.333 e. The Morgan fingerprint density at radius 1 is 1.56 bits per heavy atom. The van der Waals surface area contributed by atoms with Gasteiger partial charge in [0.2, 0.25) is 0 Å². The number of nitrogens with one attached hydrogen (secondary N) is 1. The van der Waals surface area contributed by atoms with E-state index in [1.165, 1.54) is 6.42 Å². The molecule has 1 saturated heterocycles. The Morgan fingerprint density at radius 3 is 3.06 bits per heavy atom. The molecule has 0 saturated carbocycles. The Balaban J connectivity index is 2.03. The minimum absolute atomic E-state index is 0.201. The van der Waals surface area contributed by atoms with Crippen molar-refractivity contribution in [1.82, 2.24) is 14.9 Å². The third kappa shape index (κ3) is 3.32. The zero-order valence-corrected chi connectivity index (χ0v) is 11.6. The lowest BCUT2D eigenvalue weighted by atomic mass is 9.96. The summed E-state index contributed by atoms with van der Waals surface area (Å²) in [6.45, 7) is 4.25. The number of hydrogen-bond acceptors (Lipinski definition) is 4. The Morgan fingerprint density at radius 2 is 2.39 bits per heavy atom. The molecule has 0 aliphatic carbocycles. The number of piperidine rings is 1. The lowest BCUT2D eigenvalue weighted by molar-refractivity contribution is 0.442. The summed E-state index contributed by atoms with van der Waals surface area (Å²) in [7, 11) is -2.91. The first-order valence-electron chi connectivity index (χ1n) is 6.53. The van der Waals surface area contributed by atoms with Crippen molar-refractivity contribution >= 4 is 9.84 Å². The van der Waals surface area contributed by atoms with Crippen LogP contribution in [0.2, 0.25) is 0 Å². The van der Waals surface area contributed by atoms with Gasteiger partial charge in [0, 0.05) is 36.7 Å². The molecule has 1 aliphatic heterocycles. The van der Waals surface area contributed by atoms with Crippen LogP contribution in [0, 0.1) is 0 Å². The van der Waals surface area contributed by atoms with Crippen LogP contribution in [0.1, 0.15) is 31.4 Å². The molecule has 2 heterocycles. The third-order valence-corrected chi connectivity index (χ3v) is 5.23. The number of aromatic nitrogens is 2. The van der Waals surface area contributed by atoms with E-state index in [0.29, 0.717) is 12.5 Å². The van der Waals surface area contributed by atoms with Gasteiger partial charge in [-0.15, -0.1) is 0 Å². The van der Waals surface area contributed by atoms with Gasteiger partial charge in [0.15, 0.2) is 9.84 Å². The minimum atomic E-state index is -2.91. The Bertz CT molecular complexity index is 475. The van der Waals surface area contributed by atoms with Crippen LogP contribution in [0.5, 0.6) is 0 Å². The monoisotopic (exact) mass is 271 g/mol. The summed E-state index contributed by atoms with van der Waals surface area (Å²) in [5, 5.41) is 3.37. The zero-order valence-electron chi connectivity index (χ0n) is 10.8. The quantitative estimate of drug-likeness (QED) is 0.860. The first-order chi connectivity index (χ1) is 8.62. The van der Waals surface area contributed by atoms with E-state index in [0.717, 1.165) is 25.2 Å². The molecule has 18 heavy (non-hydrogen) atoms. The van der Waals surface area contributed by atoms with Crippen LogP contribution < -0.4 is 5.32 Å². The Kier molecular flexibility index (Phi) is 4.40. The fraction of sp³-hybridized carbons (Fsp3) is 0.750. The van der Waals surface area contributed by atoms with E-state index < -0.39 is 9.84 Å². The van der Waals surface area contributed by atoms with E-state index in [2.05, 4.69) is 10.3 Å². The van der Waals surface area contributed by atoms with Crippen molar-refractivity contribution < 1.29 is 8.42 Å². The molecule has 1 N–H and O–H groups in total. The van der Waals surface area contributed by atoms with E-state index in [-0.39, 0.29) is 11.5 Å². The number of hydrogen-bond donors (Lipinski definition) is 1. The van der Waals surface area contributed by atoms with Crippen molar-refractivity contribution in [2.75, 3.05) is 24.6 Å². The summed E-state index contributed by atoms with van der Waals surface area (Å²) in [6, 6.07) is 0. The number of aryl methyl sites for hydroxylation is 1.